The van der Waals surface area contributed by atoms with Crippen molar-refractivity contribution in [2.75, 3.05) is 13.1 Å². The Morgan fingerprint density at radius 1 is 1.10 bits per heavy atom. The highest BCUT2D eigenvalue weighted by Crippen LogP contribution is 2.20. The molecule has 3 nitrogen and oxygen atoms in total. The molecule has 0 aliphatic carbocycles. The molecule has 0 N–H and O–H groups in total. The van der Waals surface area contributed by atoms with Crippen molar-refractivity contribution in [3.05, 3.63) is 30.1 Å². The molecule has 3 rings (SSSR count). The van der Waals surface area contributed by atoms with Crippen molar-refractivity contribution in [1.82, 2.24) is 14.5 Å². The summed E-state index contributed by atoms with van der Waals surface area (Å²) in [7, 11) is 0. The number of fused-ring (bicyclic) bond motifs is 1. The summed E-state index contributed by atoms with van der Waals surface area (Å²) in [6, 6.07) is 8.56. The van der Waals surface area contributed by atoms with E-state index >= 15 is 0 Å². The summed E-state index contributed by atoms with van der Waals surface area (Å²) < 4.78 is 2.45. The molecule has 3 heteroatoms. The van der Waals surface area contributed by atoms with E-state index < -0.39 is 0 Å². The Kier molecular flexibility index (Phi) is 4.36. The van der Waals surface area contributed by atoms with E-state index in [2.05, 4.69) is 40.7 Å². The number of likely N-dealkylation sites (tertiary alicyclic amines) is 1. The molecule has 2 aromatic rings. The van der Waals surface area contributed by atoms with Gasteiger partial charge < -0.3 is 4.57 Å². The minimum absolute atomic E-state index is 1.01. The highest BCUT2D eigenvalue weighted by Gasteiger charge is 2.16. The molecule has 1 aliphatic heterocycles. The van der Waals surface area contributed by atoms with Gasteiger partial charge in [-0.3, -0.25) is 4.90 Å². The van der Waals surface area contributed by atoms with Crippen molar-refractivity contribution in [3.63, 3.8) is 0 Å². The van der Waals surface area contributed by atoms with Crippen LogP contribution in [0.4, 0.5) is 0 Å². The van der Waals surface area contributed by atoms with E-state index in [1.165, 1.54) is 56.5 Å². The maximum absolute atomic E-state index is 4.88. The lowest BCUT2D eigenvalue weighted by molar-refractivity contribution is 0.316. The average molecular weight is 271 g/mol. The molecule has 0 atom stereocenters. The van der Waals surface area contributed by atoms with Gasteiger partial charge in [0, 0.05) is 6.54 Å². The molecular formula is C17H25N3. The SMILES string of the molecule is CCCCCn1c(CN2CCCC2)nc2ccccc21. The molecule has 1 aromatic carbocycles. The predicted molar refractivity (Wildman–Crippen MR) is 83.8 cm³/mol. The molecule has 0 unspecified atom stereocenters. The van der Waals surface area contributed by atoms with Gasteiger partial charge in [0.15, 0.2) is 0 Å². The standard InChI is InChI=1S/C17H25N3/c1-2-3-6-13-20-16-10-5-4-9-15(16)18-17(20)14-19-11-7-8-12-19/h4-5,9-10H,2-3,6-8,11-14H2,1H3. The van der Waals surface area contributed by atoms with E-state index in [1.807, 2.05) is 0 Å². The quantitative estimate of drug-likeness (QED) is 0.745. The average Bonchev–Trinajstić information content (AvgIpc) is 3.08. The number of benzene rings is 1. The summed E-state index contributed by atoms with van der Waals surface area (Å²) in [5, 5.41) is 0. The first kappa shape index (κ1) is 13.6. The molecule has 1 saturated heterocycles. The van der Waals surface area contributed by atoms with Crippen molar-refractivity contribution in [3.8, 4) is 0 Å². The van der Waals surface area contributed by atoms with Crippen LogP contribution in [0.3, 0.4) is 0 Å². The second-order valence-corrected chi connectivity index (χ2v) is 5.86. The summed E-state index contributed by atoms with van der Waals surface area (Å²) in [6.45, 7) is 6.85. The first-order valence-corrected chi connectivity index (χ1v) is 8.05. The molecule has 0 saturated carbocycles. The van der Waals surface area contributed by atoms with E-state index in [0.29, 0.717) is 0 Å². The number of hydrogen-bond acceptors (Lipinski definition) is 2. The van der Waals surface area contributed by atoms with Crippen LogP contribution in [-0.2, 0) is 13.1 Å². The zero-order chi connectivity index (χ0) is 13.8. The van der Waals surface area contributed by atoms with Crippen molar-refractivity contribution >= 4 is 11.0 Å². The first-order valence-electron chi connectivity index (χ1n) is 8.05. The number of para-hydroxylation sites is 2. The van der Waals surface area contributed by atoms with Crippen LogP contribution in [0.15, 0.2) is 24.3 Å². The van der Waals surface area contributed by atoms with Gasteiger partial charge in [-0.2, -0.15) is 0 Å². The van der Waals surface area contributed by atoms with Gasteiger partial charge in [-0.15, -0.1) is 0 Å². The molecule has 0 spiro atoms. The molecule has 1 aromatic heterocycles. The predicted octanol–water partition coefficient (Wildman–Crippen LogP) is 3.82. The Morgan fingerprint density at radius 3 is 2.70 bits per heavy atom. The molecule has 0 amide bonds. The van der Waals surface area contributed by atoms with Crippen LogP contribution < -0.4 is 0 Å². The fourth-order valence-electron chi connectivity index (χ4n) is 3.16. The third kappa shape index (κ3) is 2.88. The van der Waals surface area contributed by atoms with Gasteiger partial charge in [-0.1, -0.05) is 31.9 Å². The summed E-state index contributed by atoms with van der Waals surface area (Å²) in [5.41, 5.74) is 2.45. The van der Waals surface area contributed by atoms with Crippen molar-refractivity contribution < 1.29 is 0 Å². The number of imidazole rings is 1. The smallest absolute Gasteiger partial charge is 0.124 e. The molecule has 108 valence electrons. The van der Waals surface area contributed by atoms with Crippen LogP contribution in [0.25, 0.3) is 11.0 Å². The van der Waals surface area contributed by atoms with Crippen LogP contribution in [-0.4, -0.2) is 27.5 Å². The lowest BCUT2D eigenvalue weighted by Gasteiger charge is -2.16. The summed E-state index contributed by atoms with van der Waals surface area (Å²) in [5.74, 6) is 1.25. The number of aromatic nitrogens is 2. The Morgan fingerprint density at radius 2 is 1.90 bits per heavy atom. The topological polar surface area (TPSA) is 21.1 Å². The minimum Gasteiger partial charge on any atom is -0.327 e. The van der Waals surface area contributed by atoms with Crippen molar-refractivity contribution in [2.24, 2.45) is 0 Å². The van der Waals surface area contributed by atoms with Gasteiger partial charge in [0.2, 0.25) is 0 Å². The maximum atomic E-state index is 4.88. The number of aryl methyl sites for hydroxylation is 1. The highest BCUT2D eigenvalue weighted by atomic mass is 15.2. The van der Waals surface area contributed by atoms with E-state index in [0.717, 1.165) is 18.6 Å². The van der Waals surface area contributed by atoms with Gasteiger partial charge in [-0.25, -0.2) is 4.98 Å². The summed E-state index contributed by atoms with van der Waals surface area (Å²) >= 11 is 0. The molecule has 2 heterocycles. The molecular weight excluding hydrogens is 246 g/mol. The van der Waals surface area contributed by atoms with E-state index in [-0.39, 0.29) is 0 Å². The summed E-state index contributed by atoms with van der Waals surface area (Å²) in [4.78, 5) is 7.42. The van der Waals surface area contributed by atoms with Crippen LogP contribution in [0.2, 0.25) is 0 Å². The zero-order valence-corrected chi connectivity index (χ0v) is 12.5. The first-order chi connectivity index (χ1) is 9.88. The molecule has 1 fully saturated rings. The van der Waals surface area contributed by atoms with Gasteiger partial charge in [-0.05, 0) is 44.5 Å². The van der Waals surface area contributed by atoms with Crippen molar-refractivity contribution in [1.29, 1.82) is 0 Å². The van der Waals surface area contributed by atoms with Crippen molar-refractivity contribution in [2.45, 2.75) is 52.1 Å². The Hall–Kier alpha value is -1.35. The number of nitrogens with zero attached hydrogens (tertiary/aromatic N) is 3. The van der Waals surface area contributed by atoms with Gasteiger partial charge >= 0.3 is 0 Å². The number of rotatable bonds is 6. The van der Waals surface area contributed by atoms with E-state index in [1.54, 1.807) is 0 Å². The zero-order valence-electron chi connectivity index (χ0n) is 12.5. The Bertz CT molecular complexity index is 552. The number of hydrogen-bond donors (Lipinski definition) is 0. The Labute approximate surface area is 121 Å². The molecule has 20 heavy (non-hydrogen) atoms. The van der Waals surface area contributed by atoms with Crippen LogP contribution >= 0.6 is 0 Å². The summed E-state index contributed by atoms with van der Waals surface area (Å²) in [6.07, 6.45) is 6.51. The van der Waals surface area contributed by atoms with Gasteiger partial charge in [0.1, 0.15) is 5.82 Å². The molecule has 0 radical (unpaired) electrons. The molecule has 0 bridgehead atoms. The normalized spacial score (nSPS) is 16.2. The van der Waals surface area contributed by atoms with Crippen LogP contribution in [0, 0.1) is 0 Å². The largest absolute Gasteiger partial charge is 0.327 e. The second kappa shape index (κ2) is 6.40. The number of unbranched alkanes of at least 4 members (excludes halogenated alkanes) is 2. The van der Waals surface area contributed by atoms with Gasteiger partial charge in [0.25, 0.3) is 0 Å². The fourth-order valence-corrected chi connectivity index (χ4v) is 3.16. The minimum atomic E-state index is 1.01. The van der Waals surface area contributed by atoms with E-state index in [9.17, 15) is 0 Å². The fraction of sp³-hybridized carbons (Fsp3) is 0.588. The highest BCUT2D eigenvalue weighted by molar-refractivity contribution is 5.75. The van der Waals surface area contributed by atoms with Crippen LogP contribution in [0.5, 0.6) is 0 Å². The Balaban J connectivity index is 1.85. The second-order valence-electron chi connectivity index (χ2n) is 5.86. The lowest BCUT2D eigenvalue weighted by atomic mass is 10.2. The van der Waals surface area contributed by atoms with Crippen LogP contribution in [0.1, 0.15) is 44.9 Å². The van der Waals surface area contributed by atoms with E-state index in [4.69, 9.17) is 4.98 Å². The maximum Gasteiger partial charge on any atom is 0.124 e. The lowest BCUT2D eigenvalue weighted by Crippen LogP contribution is -2.21. The monoisotopic (exact) mass is 271 g/mol. The molecule has 1 aliphatic rings. The van der Waals surface area contributed by atoms with Gasteiger partial charge in [0.05, 0.1) is 17.6 Å². The third-order valence-corrected chi connectivity index (χ3v) is 4.28. The third-order valence-electron chi connectivity index (χ3n) is 4.28.